The number of amides is 3. The third-order valence-electron chi connectivity index (χ3n) is 6.83. The van der Waals surface area contributed by atoms with Crippen LogP contribution in [0.4, 0.5) is 11.4 Å². The summed E-state index contributed by atoms with van der Waals surface area (Å²) < 4.78 is 0. The quantitative estimate of drug-likeness (QED) is 0.122. The van der Waals surface area contributed by atoms with Crippen molar-refractivity contribution < 1.29 is 14.4 Å². The first-order valence-corrected chi connectivity index (χ1v) is 14.8. The molecule has 1 atom stereocenters. The van der Waals surface area contributed by atoms with E-state index in [4.69, 9.17) is 0 Å². The summed E-state index contributed by atoms with van der Waals surface area (Å²) in [6, 6.07) is 37.4. The van der Waals surface area contributed by atoms with Crippen molar-refractivity contribution in [2.75, 3.05) is 10.6 Å². The van der Waals surface area contributed by atoms with Crippen molar-refractivity contribution >= 4 is 57.7 Å². The normalized spacial score (nSPS) is 11.9. The number of carbonyl (C=O) groups excluding carboxylic acids is 3. The van der Waals surface area contributed by atoms with Gasteiger partial charge >= 0.3 is 0 Å². The van der Waals surface area contributed by atoms with E-state index in [0.29, 0.717) is 11.3 Å². The van der Waals surface area contributed by atoms with Crippen molar-refractivity contribution in [2.24, 2.45) is 0 Å². The molecule has 0 radical (unpaired) electrons. The van der Waals surface area contributed by atoms with E-state index in [0.717, 1.165) is 32.5 Å². The van der Waals surface area contributed by atoms with E-state index < -0.39 is 5.91 Å². The standard InChI is InChI=1S/C36H31N3O3S/c1-24-12-6-9-21-32(24)38-34(40)25(2)43-30-19-11-18-29(23-30)37-36(42)33(39-35(41)27-14-4-3-5-15-27)22-28-17-10-16-26-13-7-8-20-31(26)28/h3-23,25H,1-2H3,(H,37,42)(H,38,40)(H,39,41)/b33-22+. The van der Waals surface area contributed by atoms with Crippen molar-refractivity contribution in [1.29, 1.82) is 0 Å². The average Bonchev–Trinajstić information content (AvgIpc) is 3.02. The second kappa shape index (κ2) is 13.7. The summed E-state index contributed by atoms with van der Waals surface area (Å²) in [6.07, 6.45) is 1.69. The highest BCUT2D eigenvalue weighted by Gasteiger charge is 2.18. The van der Waals surface area contributed by atoms with Gasteiger partial charge in [0.2, 0.25) is 5.91 Å². The summed E-state index contributed by atoms with van der Waals surface area (Å²) in [5, 5.41) is 10.3. The molecule has 5 aromatic rings. The van der Waals surface area contributed by atoms with E-state index in [-0.39, 0.29) is 22.8 Å². The predicted molar refractivity (Wildman–Crippen MR) is 176 cm³/mol. The van der Waals surface area contributed by atoms with E-state index in [1.54, 1.807) is 36.4 Å². The minimum atomic E-state index is -0.468. The number of fused-ring (bicyclic) bond motifs is 1. The van der Waals surface area contributed by atoms with Gasteiger partial charge in [-0.25, -0.2) is 0 Å². The highest BCUT2D eigenvalue weighted by Crippen LogP contribution is 2.28. The Morgan fingerprint density at radius 3 is 2.26 bits per heavy atom. The Morgan fingerprint density at radius 2 is 1.44 bits per heavy atom. The maximum atomic E-state index is 13.6. The number of benzene rings is 5. The van der Waals surface area contributed by atoms with Crippen LogP contribution in [-0.4, -0.2) is 23.0 Å². The van der Waals surface area contributed by atoms with Crippen LogP contribution in [0.1, 0.15) is 28.4 Å². The fourth-order valence-corrected chi connectivity index (χ4v) is 5.45. The van der Waals surface area contributed by atoms with Gasteiger partial charge in [0.05, 0.1) is 5.25 Å². The highest BCUT2D eigenvalue weighted by atomic mass is 32.2. The monoisotopic (exact) mass is 585 g/mol. The van der Waals surface area contributed by atoms with Gasteiger partial charge in [-0.3, -0.25) is 14.4 Å². The molecule has 5 rings (SSSR count). The van der Waals surface area contributed by atoms with Gasteiger partial charge in [0.1, 0.15) is 5.70 Å². The summed E-state index contributed by atoms with van der Waals surface area (Å²) in [4.78, 5) is 40.4. The Hall–Kier alpha value is -5.14. The third-order valence-corrected chi connectivity index (χ3v) is 7.92. The average molecular weight is 586 g/mol. The maximum Gasteiger partial charge on any atom is 0.272 e. The lowest BCUT2D eigenvalue weighted by molar-refractivity contribution is -0.115. The van der Waals surface area contributed by atoms with Crippen molar-refractivity contribution in [3.05, 3.63) is 144 Å². The lowest BCUT2D eigenvalue weighted by Gasteiger charge is -2.15. The van der Waals surface area contributed by atoms with Gasteiger partial charge < -0.3 is 16.0 Å². The van der Waals surface area contributed by atoms with Crippen molar-refractivity contribution in [2.45, 2.75) is 24.0 Å². The van der Waals surface area contributed by atoms with E-state index in [1.807, 2.05) is 105 Å². The molecule has 43 heavy (non-hydrogen) atoms. The largest absolute Gasteiger partial charge is 0.325 e. The SMILES string of the molecule is Cc1ccccc1NC(=O)C(C)Sc1cccc(NC(=O)/C(=C\c2cccc3ccccc23)NC(=O)c2ccccc2)c1. The number of carbonyl (C=O) groups is 3. The summed E-state index contributed by atoms with van der Waals surface area (Å²) in [7, 11) is 0. The molecule has 7 heteroatoms. The molecule has 5 aromatic carbocycles. The second-order valence-electron chi connectivity index (χ2n) is 9.99. The zero-order chi connectivity index (χ0) is 30.2. The van der Waals surface area contributed by atoms with Crippen LogP contribution in [0.15, 0.2) is 132 Å². The number of anilines is 2. The molecule has 0 saturated heterocycles. The van der Waals surface area contributed by atoms with E-state index >= 15 is 0 Å². The van der Waals surface area contributed by atoms with E-state index in [1.165, 1.54) is 11.8 Å². The van der Waals surface area contributed by atoms with Crippen LogP contribution in [0.2, 0.25) is 0 Å². The molecule has 6 nitrogen and oxygen atoms in total. The molecule has 0 aliphatic rings. The summed E-state index contributed by atoms with van der Waals surface area (Å²) in [6.45, 7) is 3.79. The van der Waals surface area contributed by atoms with Gasteiger partial charge in [-0.2, -0.15) is 0 Å². The number of hydrogen-bond acceptors (Lipinski definition) is 4. The predicted octanol–water partition coefficient (Wildman–Crippen LogP) is 7.68. The van der Waals surface area contributed by atoms with Gasteiger partial charge in [-0.1, -0.05) is 84.9 Å². The van der Waals surface area contributed by atoms with E-state index in [9.17, 15) is 14.4 Å². The van der Waals surface area contributed by atoms with Crippen LogP contribution in [0.5, 0.6) is 0 Å². The highest BCUT2D eigenvalue weighted by molar-refractivity contribution is 8.00. The molecular weight excluding hydrogens is 554 g/mol. The number of thioether (sulfide) groups is 1. The van der Waals surface area contributed by atoms with Gasteiger partial charge in [-0.05, 0) is 78.2 Å². The van der Waals surface area contributed by atoms with Gasteiger partial charge in [-0.15, -0.1) is 11.8 Å². The second-order valence-corrected chi connectivity index (χ2v) is 11.4. The van der Waals surface area contributed by atoms with Crippen LogP contribution < -0.4 is 16.0 Å². The molecule has 1 unspecified atom stereocenters. The molecule has 0 bridgehead atoms. The first-order valence-electron chi connectivity index (χ1n) is 13.9. The minimum Gasteiger partial charge on any atom is -0.325 e. The third kappa shape index (κ3) is 7.58. The van der Waals surface area contributed by atoms with Crippen LogP contribution >= 0.6 is 11.8 Å². The number of para-hydroxylation sites is 1. The lowest BCUT2D eigenvalue weighted by Crippen LogP contribution is -2.30. The van der Waals surface area contributed by atoms with Crippen LogP contribution in [0.25, 0.3) is 16.8 Å². The Balaban J connectivity index is 1.36. The van der Waals surface area contributed by atoms with Gasteiger partial charge in [0, 0.05) is 21.8 Å². The zero-order valence-electron chi connectivity index (χ0n) is 23.8. The summed E-state index contributed by atoms with van der Waals surface area (Å²) >= 11 is 1.39. The number of rotatable bonds is 9. The molecule has 0 saturated carbocycles. The van der Waals surface area contributed by atoms with Gasteiger partial charge in [0.25, 0.3) is 11.8 Å². The number of aryl methyl sites for hydroxylation is 1. The molecule has 0 aromatic heterocycles. The summed E-state index contributed by atoms with van der Waals surface area (Å²) in [5.74, 6) is -0.970. The summed E-state index contributed by atoms with van der Waals surface area (Å²) in [5.41, 5.74) is 3.66. The molecule has 0 spiro atoms. The fraction of sp³-hybridized carbons (Fsp3) is 0.0833. The minimum absolute atomic E-state index is 0.106. The first-order chi connectivity index (χ1) is 20.9. The topological polar surface area (TPSA) is 87.3 Å². The van der Waals surface area contributed by atoms with E-state index in [2.05, 4.69) is 16.0 Å². The molecule has 3 N–H and O–H groups in total. The number of nitrogens with one attached hydrogen (secondary N) is 3. The van der Waals surface area contributed by atoms with Crippen LogP contribution in [0, 0.1) is 6.92 Å². The van der Waals surface area contributed by atoms with Gasteiger partial charge in [0.15, 0.2) is 0 Å². The Kier molecular flexibility index (Phi) is 9.34. The Labute approximate surface area is 255 Å². The zero-order valence-corrected chi connectivity index (χ0v) is 24.7. The van der Waals surface area contributed by atoms with Crippen molar-refractivity contribution in [1.82, 2.24) is 5.32 Å². The molecule has 0 heterocycles. The molecule has 0 fully saturated rings. The van der Waals surface area contributed by atoms with Crippen LogP contribution in [0.3, 0.4) is 0 Å². The first kappa shape index (κ1) is 29.4. The molecule has 0 aliphatic heterocycles. The molecule has 214 valence electrons. The molecule has 3 amide bonds. The lowest BCUT2D eigenvalue weighted by atomic mass is 10.0. The van der Waals surface area contributed by atoms with Crippen molar-refractivity contribution in [3.8, 4) is 0 Å². The smallest absolute Gasteiger partial charge is 0.272 e. The molecule has 0 aliphatic carbocycles. The fourth-order valence-electron chi connectivity index (χ4n) is 4.52. The maximum absolute atomic E-state index is 13.6. The number of hydrogen-bond donors (Lipinski definition) is 3. The van der Waals surface area contributed by atoms with Crippen molar-refractivity contribution in [3.63, 3.8) is 0 Å². The Bertz CT molecular complexity index is 1810. The Morgan fingerprint density at radius 1 is 0.744 bits per heavy atom. The van der Waals surface area contributed by atoms with Crippen LogP contribution in [-0.2, 0) is 9.59 Å². The molecular formula is C36H31N3O3S.